The lowest BCUT2D eigenvalue weighted by molar-refractivity contribution is -0.125. The predicted octanol–water partition coefficient (Wildman–Crippen LogP) is 3.41. The van der Waals surface area contributed by atoms with Gasteiger partial charge in [-0.1, -0.05) is 59.6 Å². The van der Waals surface area contributed by atoms with Crippen molar-refractivity contribution in [3.8, 4) is 0 Å². The Morgan fingerprint density at radius 3 is 2.38 bits per heavy atom. The third kappa shape index (κ3) is 3.41. The molecule has 0 aliphatic carbocycles. The number of hydrogen-bond donors (Lipinski definition) is 1. The number of likely N-dealkylation sites (tertiary alicyclic amines) is 1. The molecule has 1 aliphatic heterocycles. The van der Waals surface area contributed by atoms with Crippen molar-refractivity contribution in [1.29, 1.82) is 0 Å². The van der Waals surface area contributed by atoms with Gasteiger partial charge in [0.05, 0.1) is 5.41 Å². The van der Waals surface area contributed by atoms with Gasteiger partial charge in [0.25, 0.3) is 0 Å². The summed E-state index contributed by atoms with van der Waals surface area (Å²) in [5.41, 5.74) is 6.93. The van der Waals surface area contributed by atoms with Crippen LogP contribution in [0.2, 0.25) is 10.3 Å². The highest BCUT2D eigenvalue weighted by Crippen LogP contribution is 2.39. The molecule has 0 radical (unpaired) electrons. The van der Waals surface area contributed by atoms with E-state index in [1.54, 1.807) is 12.1 Å². The molecule has 0 unspecified atom stereocenters. The molecular formula is C18H19Cl2N3O. The molecule has 0 saturated carbocycles. The van der Waals surface area contributed by atoms with E-state index in [1.165, 1.54) is 5.56 Å². The molecule has 4 nitrogen and oxygen atoms in total. The molecule has 1 saturated heterocycles. The lowest BCUT2D eigenvalue weighted by Crippen LogP contribution is -2.50. The first-order valence-corrected chi connectivity index (χ1v) is 8.65. The molecule has 0 atom stereocenters. The summed E-state index contributed by atoms with van der Waals surface area (Å²) in [5.74, 6) is -0.354. The number of carbonyl (C=O) groups is 1. The van der Waals surface area contributed by atoms with E-state index in [0.29, 0.717) is 23.6 Å². The number of pyridine rings is 1. The molecule has 1 aromatic carbocycles. The number of rotatable bonds is 4. The maximum Gasteiger partial charge on any atom is 0.228 e. The Morgan fingerprint density at radius 1 is 1.12 bits per heavy atom. The standard InChI is InChI=1S/C18H19Cl2N3O/c19-15-7-6-14(16(20)22-15)18(17(21)24)8-10-23(11-9-18)12-13-4-2-1-3-5-13/h1-7H,8-12H2,(H2,21,24). The topological polar surface area (TPSA) is 59.2 Å². The van der Waals surface area contributed by atoms with Crippen molar-refractivity contribution >= 4 is 29.1 Å². The summed E-state index contributed by atoms with van der Waals surface area (Å²) in [6.07, 6.45) is 1.25. The summed E-state index contributed by atoms with van der Waals surface area (Å²) in [4.78, 5) is 18.7. The SMILES string of the molecule is NC(=O)C1(c2ccc(Cl)nc2Cl)CCN(Cc2ccccc2)CC1. The lowest BCUT2D eigenvalue weighted by Gasteiger charge is -2.40. The monoisotopic (exact) mass is 363 g/mol. The van der Waals surface area contributed by atoms with E-state index in [0.717, 1.165) is 19.6 Å². The first-order chi connectivity index (χ1) is 11.5. The van der Waals surface area contributed by atoms with Crippen molar-refractivity contribution < 1.29 is 4.79 Å². The summed E-state index contributed by atoms with van der Waals surface area (Å²) < 4.78 is 0. The summed E-state index contributed by atoms with van der Waals surface area (Å²) in [5, 5.41) is 0.572. The molecule has 1 amide bonds. The van der Waals surface area contributed by atoms with Crippen LogP contribution < -0.4 is 5.73 Å². The van der Waals surface area contributed by atoms with Crippen molar-refractivity contribution in [2.24, 2.45) is 5.73 Å². The number of piperidine rings is 1. The van der Waals surface area contributed by atoms with Gasteiger partial charge >= 0.3 is 0 Å². The molecule has 1 aromatic heterocycles. The van der Waals surface area contributed by atoms with Crippen molar-refractivity contribution in [1.82, 2.24) is 9.88 Å². The molecule has 1 aliphatic rings. The third-order valence-corrected chi connectivity index (χ3v) is 5.26. The maximum atomic E-state index is 12.3. The van der Waals surface area contributed by atoms with Gasteiger partial charge in [-0.15, -0.1) is 0 Å². The molecule has 24 heavy (non-hydrogen) atoms. The normalized spacial score (nSPS) is 17.6. The molecular weight excluding hydrogens is 345 g/mol. The van der Waals surface area contributed by atoms with Crippen LogP contribution in [0.3, 0.4) is 0 Å². The van der Waals surface area contributed by atoms with Gasteiger partial charge in [-0.25, -0.2) is 4.98 Å². The van der Waals surface area contributed by atoms with E-state index in [9.17, 15) is 4.79 Å². The van der Waals surface area contributed by atoms with Gasteiger partial charge in [0.1, 0.15) is 10.3 Å². The fourth-order valence-corrected chi connectivity index (χ4v) is 3.88. The van der Waals surface area contributed by atoms with Gasteiger partial charge in [0.15, 0.2) is 0 Å². The summed E-state index contributed by atoms with van der Waals surface area (Å²) in [6, 6.07) is 13.7. The van der Waals surface area contributed by atoms with Crippen molar-refractivity contribution in [2.75, 3.05) is 13.1 Å². The fourth-order valence-electron chi connectivity index (χ4n) is 3.35. The Hall–Kier alpha value is -1.62. The van der Waals surface area contributed by atoms with Gasteiger partial charge in [-0.05, 0) is 37.6 Å². The number of carbonyl (C=O) groups excluding carboxylic acids is 1. The quantitative estimate of drug-likeness (QED) is 0.846. The average molecular weight is 364 g/mol. The highest BCUT2D eigenvalue weighted by atomic mass is 35.5. The van der Waals surface area contributed by atoms with Crippen LogP contribution in [0.4, 0.5) is 0 Å². The molecule has 2 heterocycles. The summed E-state index contributed by atoms with van der Waals surface area (Å²) in [7, 11) is 0. The van der Waals surface area contributed by atoms with Crippen molar-refractivity contribution in [3.63, 3.8) is 0 Å². The molecule has 0 bridgehead atoms. The number of nitrogens with two attached hydrogens (primary N) is 1. The minimum absolute atomic E-state index is 0.262. The molecule has 2 N–H and O–H groups in total. The van der Waals surface area contributed by atoms with Crippen LogP contribution in [0.1, 0.15) is 24.0 Å². The van der Waals surface area contributed by atoms with E-state index in [-0.39, 0.29) is 11.1 Å². The first kappa shape index (κ1) is 17.2. The van der Waals surface area contributed by atoms with Crippen LogP contribution >= 0.6 is 23.2 Å². The summed E-state index contributed by atoms with van der Waals surface area (Å²) >= 11 is 12.1. The zero-order chi connectivity index (χ0) is 17.2. The molecule has 126 valence electrons. The van der Waals surface area contributed by atoms with E-state index < -0.39 is 5.41 Å². The number of amides is 1. The highest BCUT2D eigenvalue weighted by molar-refractivity contribution is 6.33. The van der Waals surface area contributed by atoms with Gasteiger partial charge in [0.2, 0.25) is 5.91 Å². The number of primary amides is 1. The van der Waals surface area contributed by atoms with Gasteiger partial charge < -0.3 is 5.73 Å². The molecule has 6 heteroatoms. The first-order valence-electron chi connectivity index (χ1n) is 7.90. The Kier molecular flexibility index (Phi) is 5.09. The molecule has 3 rings (SSSR count). The number of hydrogen-bond acceptors (Lipinski definition) is 3. The van der Waals surface area contributed by atoms with Crippen LogP contribution in [0.25, 0.3) is 0 Å². The second-order valence-electron chi connectivity index (χ2n) is 6.18. The van der Waals surface area contributed by atoms with Gasteiger partial charge in [-0.3, -0.25) is 9.69 Å². The predicted molar refractivity (Wildman–Crippen MR) is 96.1 cm³/mol. The van der Waals surface area contributed by atoms with E-state index in [1.807, 2.05) is 18.2 Å². The van der Waals surface area contributed by atoms with E-state index >= 15 is 0 Å². The van der Waals surface area contributed by atoms with Gasteiger partial charge in [-0.2, -0.15) is 0 Å². The second-order valence-corrected chi connectivity index (χ2v) is 6.93. The highest BCUT2D eigenvalue weighted by Gasteiger charge is 2.43. The number of nitrogens with zero attached hydrogens (tertiary/aromatic N) is 2. The minimum Gasteiger partial charge on any atom is -0.369 e. The third-order valence-electron chi connectivity index (χ3n) is 4.76. The zero-order valence-electron chi connectivity index (χ0n) is 13.2. The Bertz CT molecular complexity index is 728. The van der Waals surface area contributed by atoms with Crippen LogP contribution in [0.15, 0.2) is 42.5 Å². The Balaban J connectivity index is 1.78. The molecule has 1 fully saturated rings. The number of aromatic nitrogens is 1. The smallest absolute Gasteiger partial charge is 0.228 e. The molecule has 0 spiro atoms. The van der Waals surface area contributed by atoms with Crippen molar-refractivity contribution in [3.05, 3.63) is 63.9 Å². The minimum atomic E-state index is -0.776. The molecule has 2 aromatic rings. The number of halogens is 2. The van der Waals surface area contributed by atoms with Crippen molar-refractivity contribution in [2.45, 2.75) is 24.8 Å². The largest absolute Gasteiger partial charge is 0.369 e. The van der Waals surface area contributed by atoms with E-state index in [2.05, 4.69) is 22.0 Å². The van der Waals surface area contributed by atoms with Crippen LogP contribution in [0.5, 0.6) is 0 Å². The Labute approximate surface area is 151 Å². The second kappa shape index (κ2) is 7.09. The zero-order valence-corrected chi connectivity index (χ0v) is 14.7. The van der Waals surface area contributed by atoms with Crippen LogP contribution in [0, 0.1) is 0 Å². The number of benzene rings is 1. The average Bonchev–Trinajstić information content (AvgIpc) is 2.57. The van der Waals surface area contributed by atoms with Crippen LogP contribution in [-0.4, -0.2) is 28.9 Å². The Morgan fingerprint density at radius 2 is 1.79 bits per heavy atom. The van der Waals surface area contributed by atoms with E-state index in [4.69, 9.17) is 28.9 Å². The summed E-state index contributed by atoms with van der Waals surface area (Å²) in [6.45, 7) is 2.41. The lowest BCUT2D eigenvalue weighted by atomic mass is 9.72. The van der Waals surface area contributed by atoms with Crippen LogP contribution in [-0.2, 0) is 16.8 Å². The fraction of sp³-hybridized carbons (Fsp3) is 0.333. The van der Waals surface area contributed by atoms with Gasteiger partial charge in [0, 0.05) is 12.1 Å². The maximum absolute atomic E-state index is 12.3.